The summed E-state index contributed by atoms with van der Waals surface area (Å²) in [5, 5.41) is 10.2. The monoisotopic (exact) mass is 357 g/mol. The van der Waals surface area contributed by atoms with Crippen molar-refractivity contribution in [2.75, 3.05) is 13.7 Å². The van der Waals surface area contributed by atoms with E-state index in [1.165, 1.54) is 5.56 Å². The average Bonchev–Trinajstić information content (AvgIpc) is 3.03. The molecule has 2 rings (SSSR count). The number of nitrogens with zero attached hydrogens (tertiary/aromatic N) is 2. The van der Waals surface area contributed by atoms with Crippen LogP contribution in [0.1, 0.15) is 37.6 Å². The van der Waals surface area contributed by atoms with Gasteiger partial charge < -0.3 is 10.1 Å². The summed E-state index contributed by atoms with van der Waals surface area (Å²) in [6.45, 7) is 6.05. The van der Waals surface area contributed by atoms with Crippen LogP contribution in [0.15, 0.2) is 21.4 Å². The minimum Gasteiger partial charge on any atom is -0.493 e. The Balaban J connectivity index is 2.44. The quantitative estimate of drug-likeness (QED) is 0.818. The third-order valence-corrected chi connectivity index (χ3v) is 4.63. The molecule has 0 saturated carbocycles. The standard InChI is InChI=1S/C14H20BrN3OS/c1-4-6-18-14(11(19-3)8-17-18)13(16-5-2)10-7-12(15)20-9-10/h7-9,13,16H,4-6H2,1-3H3. The van der Waals surface area contributed by atoms with E-state index in [0.29, 0.717) is 0 Å². The number of rotatable bonds is 7. The van der Waals surface area contributed by atoms with Crippen molar-refractivity contribution in [1.29, 1.82) is 0 Å². The van der Waals surface area contributed by atoms with Gasteiger partial charge in [0.05, 0.1) is 23.1 Å². The Kier molecular flexibility index (Phi) is 5.63. The highest BCUT2D eigenvalue weighted by molar-refractivity contribution is 9.11. The lowest BCUT2D eigenvalue weighted by Crippen LogP contribution is -2.25. The fourth-order valence-corrected chi connectivity index (χ4v) is 3.47. The van der Waals surface area contributed by atoms with Crippen LogP contribution in [0.3, 0.4) is 0 Å². The minimum absolute atomic E-state index is 0.103. The lowest BCUT2D eigenvalue weighted by Gasteiger charge is -2.20. The summed E-state index contributed by atoms with van der Waals surface area (Å²) in [4.78, 5) is 0. The molecule has 110 valence electrons. The van der Waals surface area contributed by atoms with Gasteiger partial charge in [-0.2, -0.15) is 5.10 Å². The molecule has 0 aliphatic carbocycles. The predicted molar refractivity (Wildman–Crippen MR) is 86.6 cm³/mol. The number of aryl methyl sites for hydroxylation is 1. The second-order valence-electron chi connectivity index (χ2n) is 4.50. The van der Waals surface area contributed by atoms with E-state index in [9.17, 15) is 0 Å². The number of hydrogen-bond donors (Lipinski definition) is 1. The zero-order valence-corrected chi connectivity index (χ0v) is 14.4. The molecule has 0 aliphatic heterocycles. The molecule has 0 aliphatic rings. The van der Waals surface area contributed by atoms with E-state index < -0.39 is 0 Å². The van der Waals surface area contributed by atoms with Gasteiger partial charge in [-0.3, -0.25) is 4.68 Å². The summed E-state index contributed by atoms with van der Waals surface area (Å²) in [6, 6.07) is 2.26. The summed E-state index contributed by atoms with van der Waals surface area (Å²) in [5.74, 6) is 0.840. The summed E-state index contributed by atoms with van der Waals surface area (Å²) in [7, 11) is 1.70. The number of nitrogens with one attached hydrogen (secondary N) is 1. The molecule has 2 aromatic heterocycles. The molecule has 0 saturated heterocycles. The second kappa shape index (κ2) is 7.24. The third kappa shape index (κ3) is 3.24. The maximum absolute atomic E-state index is 5.50. The summed E-state index contributed by atoms with van der Waals surface area (Å²) in [6.07, 6.45) is 2.85. The molecular formula is C14H20BrN3OS. The van der Waals surface area contributed by atoms with Crippen LogP contribution in [0.4, 0.5) is 0 Å². The van der Waals surface area contributed by atoms with Crippen LogP contribution in [-0.2, 0) is 6.54 Å². The maximum atomic E-state index is 5.50. The largest absolute Gasteiger partial charge is 0.493 e. The van der Waals surface area contributed by atoms with Crippen LogP contribution in [0.2, 0.25) is 0 Å². The first kappa shape index (κ1) is 15.5. The average molecular weight is 358 g/mol. The fraction of sp³-hybridized carbons (Fsp3) is 0.500. The van der Waals surface area contributed by atoms with E-state index in [4.69, 9.17) is 4.74 Å². The van der Waals surface area contributed by atoms with E-state index >= 15 is 0 Å². The zero-order valence-electron chi connectivity index (χ0n) is 12.0. The van der Waals surface area contributed by atoms with Crippen LogP contribution >= 0.6 is 27.3 Å². The predicted octanol–water partition coefficient (Wildman–Crippen LogP) is 3.82. The number of aromatic nitrogens is 2. The van der Waals surface area contributed by atoms with Crippen molar-refractivity contribution in [3.8, 4) is 5.75 Å². The first-order chi connectivity index (χ1) is 9.71. The Morgan fingerprint density at radius 1 is 1.50 bits per heavy atom. The van der Waals surface area contributed by atoms with Crippen molar-refractivity contribution in [3.63, 3.8) is 0 Å². The van der Waals surface area contributed by atoms with Crippen molar-refractivity contribution in [1.82, 2.24) is 15.1 Å². The number of halogens is 1. The first-order valence-corrected chi connectivity index (χ1v) is 8.45. The van der Waals surface area contributed by atoms with Crippen molar-refractivity contribution >= 4 is 27.3 Å². The Morgan fingerprint density at radius 3 is 2.85 bits per heavy atom. The summed E-state index contributed by atoms with van der Waals surface area (Å²) < 4.78 is 8.67. The minimum atomic E-state index is 0.103. The van der Waals surface area contributed by atoms with Crippen LogP contribution < -0.4 is 10.1 Å². The number of methoxy groups -OCH3 is 1. The van der Waals surface area contributed by atoms with E-state index in [-0.39, 0.29) is 6.04 Å². The Hall–Kier alpha value is -0.850. The van der Waals surface area contributed by atoms with Crippen molar-refractivity contribution in [2.24, 2.45) is 0 Å². The first-order valence-electron chi connectivity index (χ1n) is 6.78. The Morgan fingerprint density at radius 2 is 2.30 bits per heavy atom. The molecule has 0 fully saturated rings. The van der Waals surface area contributed by atoms with E-state index in [2.05, 4.69) is 51.6 Å². The van der Waals surface area contributed by atoms with Crippen molar-refractivity contribution in [2.45, 2.75) is 32.9 Å². The highest BCUT2D eigenvalue weighted by Crippen LogP contribution is 2.33. The fourth-order valence-electron chi connectivity index (χ4n) is 2.27. The van der Waals surface area contributed by atoms with E-state index in [0.717, 1.165) is 34.7 Å². The van der Waals surface area contributed by atoms with E-state index in [1.54, 1.807) is 24.6 Å². The highest BCUT2D eigenvalue weighted by Gasteiger charge is 2.23. The molecule has 1 atom stereocenters. The van der Waals surface area contributed by atoms with Gasteiger partial charge in [-0.1, -0.05) is 13.8 Å². The molecule has 6 heteroatoms. The summed E-state index contributed by atoms with van der Waals surface area (Å²) >= 11 is 5.23. The second-order valence-corrected chi connectivity index (χ2v) is 6.79. The number of ether oxygens (including phenoxy) is 1. The molecule has 0 bridgehead atoms. The Labute approximate surface area is 132 Å². The molecule has 0 amide bonds. The van der Waals surface area contributed by atoms with Gasteiger partial charge in [0.15, 0.2) is 5.75 Å². The lowest BCUT2D eigenvalue weighted by molar-refractivity contribution is 0.398. The normalized spacial score (nSPS) is 12.6. The van der Waals surface area contributed by atoms with E-state index in [1.807, 2.05) is 4.68 Å². The molecular weight excluding hydrogens is 338 g/mol. The molecule has 4 nitrogen and oxygen atoms in total. The third-order valence-electron chi connectivity index (χ3n) is 3.10. The Bertz CT molecular complexity index is 552. The maximum Gasteiger partial charge on any atom is 0.161 e. The zero-order chi connectivity index (χ0) is 14.5. The van der Waals surface area contributed by atoms with Gasteiger partial charge in [0.25, 0.3) is 0 Å². The molecule has 0 radical (unpaired) electrons. The number of hydrogen-bond acceptors (Lipinski definition) is 4. The van der Waals surface area contributed by atoms with Gasteiger partial charge in [-0.25, -0.2) is 0 Å². The topological polar surface area (TPSA) is 39.1 Å². The van der Waals surface area contributed by atoms with Gasteiger partial charge in [-0.15, -0.1) is 11.3 Å². The molecule has 1 unspecified atom stereocenters. The molecule has 0 aromatic carbocycles. The van der Waals surface area contributed by atoms with Gasteiger partial charge in [0, 0.05) is 6.54 Å². The van der Waals surface area contributed by atoms with Gasteiger partial charge >= 0.3 is 0 Å². The van der Waals surface area contributed by atoms with Crippen LogP contribution in [-0.4, -0.2) is 23.4 Å². The smallest absolute Gasteiger partial charge is 0.161 e. The molecule has 2 aromatic rings. The van der Waals surface area contributed by atoms with Crippen molar-refractivity contribution < 1.29 is 4.74 Å². The SMILES string of the molecule is CCCn1ncc(OC)c1C(NCC)c1csc(Br)c1. The molecule has 0 spiro atoms. The highest BCUT2D eigenvalue weighted by atomic mass is 79.9. The molecule has 2 heterocycles. The van der Waals surface area contributed by atoms with Crippen LogP contribution in [0, 0.1) is 0 Å². The van der Waals surface area contributed by atoms with Gasteiger partial charge in [0.1, 0.15) is 5.69 Å². The summed E-state index contributed by atoms with van der Waals surface area (Å²) in [5.41, 5.74) is 2.33. The van der Waals surface area contributed by atoms with Gasteiger partial charge in [0.2, 0.25) is 0 Å². The lowest BCUT2D eigenvalue weighted by atomic mass is 10.1. The van der Waals surface area contributed by atoms with Crippen molar-refractivity contribution in [3.05, 3.63) is 32.7 Å². The van der Waals surface area contributed by atoms with Gasteiger partial charge in [-0.05, 0) is 45.9 Å². The molecule has 1 N–H and O–H groups in total. The molecule has 20 heavy (non-hydrogen) atoms. The van der Waals surface area contributed by atoms with Crippen LogP contribution in [0.25, 0.3) is 0 Å². The number of thiophene rings is 1. The van der Waals surface area contributed by atoms with Crippen LogP contribution in [0.5, 0.6) is 5.75 Å².